The molecule has 206 valence electrons. The second-order valence-corrected chi connectivity index (χ2v) is 9.78. The third-order valence-electron chi connectivity index (χ3n) is 6.38. The number of benzene rings is 2. The van der Waals surface area contributed by atoms with Crippen LogP contribution >= 0.6 is 0 Å². The first-order valence-corrected chi connectivity index (χ1v) is 12.4. The number of pyridine rings is 1. The number of aliphatic hydroxyl groups is 1. The Morgan fingerprint density at radius 1 is 1.08 bits per heavy atom. The molecule has 2 N–H and O–H groups in total. The van der Waals surface area contributed by atoms with Gasteiger partial charge in [-0.05, 0) is 52.0 Å². The maximum absolute atomic E-state index is 15.4. The molecule has 0 aliphatic carbocycles. The van der Waals surface area contributed by atoms with E-state index in [2.05, 4.69) is 20.3 Å². The first kappa shape index (κ1) is 28.3. The van der Waals surface area contributed by atoms with E-state index >= 15 is 4.39 Å². The second-order valence-electron chi connectivity index (χ2n) is 9.78. The number of anilines is 1. The van der Waals surface area contributed by atoms with Gasteiger partial charge >= 0.3 is 5.92 Å². The number of hydrogen-bond acceptors (Lipinski definition) is 7. The molecule has 0 radical (unpaired) electrons. The molecule has 4 rings (SSSR count). The Morgan fingerprint density at radius 3 is 2.51 bits per heavy atom. The summed E-state index contributed by atoms with van der Waals surface area (Å²) in [5.41, 5.74) is -1.11. The first-order valence-electron chi connectivity index (χ1n) is 12.4. The molecule has 0 bridgehead atoms. The molecule has 0 saturated carbocycles. The molecule has 39 heavy (non-hydrogen) atoms. The van der Waals surface area contributed by atoms with Gasteiger partial charge in [0.25, 0.3) is 0 Å². The van der Waals surface area contributed by atoms with Crippen molar-refractivity contribution in [2.45, 2.75) is 45.3 Å². The molecule has 2 heterocycles. The van der Waals surface area contributed by atoms with E-state index in [1.165, 1.54) is 12.1 Å². The highest BCUT2D eigenvalue weighted by Gasteiger charge is 2.49. The summed E-state index contributed by atoms with van der Waals surface area (Å²) in [6.07, 6.45) is 3.40. The highest BCUT2D eigenvalue weighted by atomic mass is 19.3. The lowest BCUT2D eigenvalue weighted by Gasteiger charge is -2.30. The van der Waals surface area contributed by atoms with Crippen molar-refractivity contribution < 1.29 is 27.8 Å². The number of halogens is 3. The number of methoxy groups -OCH3 is 1. The zero-order valence-electron chi connectivity index (χ0n) is 22.4. The van der Waals surface area contributed by atoms with Gasteiger partial charge in [0, 0.05) is 41.6 Å². The van der Waals surface area contributed by atoms with Crippen molar-refractivity contribution >= 4 is 16.7 Å². The number of alkyl halides is 2. The Hall–Kier alpha value is -3.76. The van der Waals surface area contributed by atoms with Gasteiger partial charge in [-0.25, -0.2) is 14.4 Å². The van der Waals surface area contributed by atoms with E-state index in [4.69, 9.17) is 9.47 Å². The first-order chi connectivity index (χ1) is 18.4. The van der Waals surface area contributed by atoms with E-state index < -0.39 is 28.9 Å². The Kier molecular flexibility index (Phi) is 8.08. The van der Waals surface area contributed by atoms with Gasteiger partial charge in [-0.1, -0.05) is 18.2 Å². The quantitative estimate of drug-likeness (QED) is 0.232. The predicted molar refractivity (Wildman–Crippen MR) is 144 cm³/mol. The van der Waals surface area contributed by atoms with E-state index in [1.807, 2.05) is 18.2 Å². The second kappa shape index (κ2) is 11.2. The number of aryl methyl sites for hydroxylation is 1. The molecule has 0 fully saturated rings. The third-order valence-corrected chi connectivity index (χ3v) is 6.38. The molecule has 2 aromatic heterocycles. The molecule has 1 atom stereocenters. The molecule has 2 aromatic carbocycles. The Balaban J connectivity index is 1.78. The average Bonchev–Trinajstić information content (AvgIpc) is 2.88. The van der Waals surface area contributed by atoms with Crippen LogP contribution in [0.3, 0.4) is 0 Å². The molecular formula is C29H31F3N4O3. The SMILES string of the molecule is COCCOc1cc2c(N[C@H](C)c3cccc(C(F)(F)C(C)(C)O)c3F)nc(C)nc2cc1-c1cccnc1. The zero-order valence-corrected chi connectivity index (χ0v) is 22.4. The minimum absolute atomic E-state index is 0.00406. The molecule has 0 amide bonds. The monoisotopic (exact) mass is 540 g/mol. The molecule has 0 aliphatic rings. The van der Waals surface area contributed by atoms with Crippen LogP contribution in [-0.2, 0) is 10.7 Å². The highest BCUT2D eigenvalue weighted by Crippen LogP contribution is 2.42. The van der Waals surface area contributed by atoms with E-state index in [9.17, 15) is 13.9 Å². The molecule has 7 nitrogen and oxygen atoms in total. The van der Waals surface area contributed by atoms with Crippen LogP contribution in [-0.4, -0.2) is 46.0 Å². The maximum atomic E-state index is 15.4. The minimum atomic E-state index is -3.80. The smallest absolute Gasteiger partial charge is 0.303 e. The molecule has 4 aromatic rings. The van der Waals surface area contributed by atoms with Gasteiger partial charge in [0.05, 0.1) is 23.7 Å². The molecule has 0 saturated heterocycles. The van der Waals surface area contributed by atoms with Crippen LogP contribution in [0.2, 0.25) is 0 Å². The van der Waals surface area contributed by atoms with Crippen molar-refractivity contribution in [3.05, 3.63) is 77.6 Å². The van der Waals surface area contributed by atoms with Crippen molar-refractivity contribution in [2.24, 2.45) is 0 Å². The number of aromatic nitrogens is 3. The van der Waals surface area contributed by atoms with Crippen LogP contribution in [0.5, 0.6) is 5.75 Å². The van der Waals surface area contributed by atoms with Crippen LogP contribution < -0.4 is 10.1 Å². The van der Waals surface area contributed by atoms with Crippen LogP contribution in [0.1, 0.15) is 43.8 Å². The number of nitrogens with zero attached hydrogens (tertiary/aromatic N) is 3. The lowest BCUT2D eigenvalue weighted by molar-refractivity contribution is -0.170. The maximum Gasteiger partial charge on any atom is 0.303 e. The lowest BCUT2D eigenvalue weighted by atomic mass is 9.91. The Bertz CT molecular complexity index is 1460. The summed E-state index contributed by atoms with van der Waals surface area (Å²) in [4.78, 5) is 13.3. The van der Waals surface area contributed by atoms with Gasteiger partial charge in [-0.2, -0.15) is 8.78 Å². The molecular weight excluding hydrogens is 509 g/mol. The van der Waals surface area contributed by atoms with Crippen molar-refractivity contribution in [1.82, 2.24) is 15.0 Å². The minimum Gasteiger partial charge on any atom is -0.491 e. The lowest BCUT2D eigenvalue weighted by Crippen LogP contribution is -2.41. The van der Waals surface area contributed by atoms with Crippen LogP contribution in [0.4, 0.5) is 19.0 Å². The van der Waals surface area contributed by atoms with Gasteiger partial charge < -0.3 is 19.9 Å². The van der Waals surface area contributed by atoms with Crippen molar-refractivity contribution in [2.75, 3.05) is 25.6 Å². The highest BCUT2D eigenvalue weighted by molar-refractivity contribution is 5.95. The summed E-state index contributed by atoms with van der Waals surface area (Å²) in [7, 11) is 1.58. The van der Waals surface area contributed by atoms with Gasteiger partial charge in [0.2, 0.25) is 0 Å². The van der Waals surface area contributed by atoms with Crippen molar-refractivity contribution in [3.8, 4) is 16.9 Å². The Morgan fingerprint density at radius 2 is 1.85 bits per heavy atom. The van der Waals surface area contributed by atoms with Crippen LogP contribution in [0, 0.1) is 12.7 Å². The fourth-order valence-corrected chi connectivity index (χ4v) is 4.22. The summed E-state index contributed by atoms with van der Waals surface area (Å²) in [5, 5.41) is 13.7. The normalized spacial score (nSPS) is 12.9. The van der Waals surface area contributed by atoms with E-state index in [-0.39, 0.29) is 5.56 Å². The van der Waals surface area contributed by atoms with E-state index in [0.717, 1.165) is 31.0 Å². The molecule has 0 aliphatic heterocycles. The number of hydrogen-bond donors (Lipinski definition) is 2. The molecule has 0 spiro atoms. The standard InChI is InChI=1S/C29H31F3N4O3/c1-17(20-9-6-10-23(26(20)30)29(31,32)28(3,4)37)34-27-22-15-25(39-13-12-38-5)21(19-8-7-11-33-16-19)14-24(22)35-18(2)36-27/h6-11,14-17,37H,12-13H2,1-5H3,(H,34,35,36)/t17-/m1/s1. The predicted octanol–water partition coefficient (Wildman–Crippen LogP) is 6.20. The van der Waals surface area contributed by atoms with E-state index in [0.29, 0.717) is 41.5 Å². The summed E-state index contributed by atoms with van der Waals surface area (Å²) in [6.45, 7) is 5.95. The summed E-state index contributed by atoms with van der Waals surface area (Å²) >= 11 is 0. The van der Waals surface area contributed by atoms with Gasteiger partial charge in [0.1, 0.15) is 35.4 Å². The van der Waals surface area contributed by atoms with Crippen LogP contribution in [0.15, 0.2) is 54.9 Å². The summed E-state index contributed by atoms with van der Waals surface area (Å²) in [5.74, 6) is -3.50. The average molecular weight is 541 g/mol. The topological polar surface area (TPSA) is 89.4 Å². The van der Waals surface area contributed by atoms with Crippen molar-refractivity contribution in [1.29, 1.82) is 0 Å². The largest absolute Gasteiger partial charge is 0.491 e. The summed E-state index contributed by atoms with van der Waals surface area (Å²) in [6, 6.07) is 10.4. The van der Waals surface area contributed by atoms with E-state index in [1.54, 1.807) is 39.4 Å². The fraction of sp³-hybridized carbons (Fsp3) is 0.345. The van der Waals surface area contributed by atoms with Gasteiger partial charge in [0.15, 0.2) is 0 Å². The van der Waals surface area contributed by atoms with Gasteiger partial charge in [-0.15, -0.1) is 0 Å². The molecule has 0 unspecified atom stereocenters. The van der Waals surface area contributed by atoms with Crippen molar-refractivity contribution in [3.63, 3.8) is 0 Å². The molecule has 10 heteroatoms. The van der Waals surface area contributed by atoms with Crippen LogP contribution in [0.25, 0.3) is 22.0 Å². The Labute approximate surface area is 225 Å². The fourth-order valence-electron chi connectivity index (χ4n) is 4.22. The number of ether oxygens (including phenoxy) is 2. The number of rotatable bonds is 10. The number of nitrogens with one attached hydrogen (secondary N) is 1. The zero-order chi connectivity index (χ0) is 28.4. The van der Waals surface area contributed by atoms with Gasteiger partial charge in [-0.3, -0.25) is 4.98 Å². The number of fused-ring (bicyclic) bond motifs is 1. The third kappa shape index (κ3) is 5.81. The summed E-state index contributed by atoms with van der Waals surface area (Å²) < 4.78 is 56.3.